The first-order chi connectivity index (χ1) is 13.1. The van der Waals surface area contributed by atoms with E-state index < -0.39 is 0 Å². The van der Waals surface area contributed by atoms with Crippen molar-refractivity contribution < 1.29 is 4.79 Å². The van der Waals surface area contributed by atoms with Crippen LogP contribution in [0.4, 0.5) is 17.1 Å². The Morgan fingerprint density at radius 3 is 1.78 bits per heavy atom. The van der Waals surface area contributed by atoms with Gasteiger partial charge in [-0.05, 0) is 55.3 Å². The van der Waals surface area contributed by atoms with E-state index in [0.29, 0.717) is 12.1 Å². The van der Waals surface area contributed by atoms with E-state index in [-0.39, 0.29) is 5.91 Å². The van der Waals surface area contributed by atoms with E-state index in [0.717, 1.165) is 23.5 Å². The fourth-order valence-corrected chi connectivity index (χ4v) is 2.88. The molecule has 0 bridgehead atoms. The zero-order valence-corrected chi connectivity index (χ0v) is 15.6. The molecular weight excluding hydrogens is 332 g/mol. The van der Waals surface area contributed by atoms with Gasteiger partial charge in [-0.15, -0.1) is 0 Å². The van der Waals surface area contributed by atoms with Crippen molar-refractivity contribution in [3.05, 3.63) is 103 Å². The Kier molecular flexibility index (Phi) is 6.06. The minimum absolute atomic E-state index is 0.0917. The summed E-state index contributed by atoms with van der Waals surface area (Å²) in [5.41, 5.74) is 5.05. The Morgan fingerprint density at radius 2 is 1.30 bits per heavy atom. The normalized spacial score (nSPS) is 10.3. The molecule has 0 radical (unpaired) electrons. The van der Waals surface area contributed by atoms with Crippen molar-refractivity contribution in [2.24, 2.45) is 0 Å². The lowest BCUT2D eigenvalue weighted by molar-refractivity contribution is -0.117. The van der Waals surface area contributed by atoms with Crippen LogP contribution < -0.4 is 10.2 Å². The molecule has 3 heteroatoms. The molecule has 3 rings (SSSR count). The topological polar surface area (TPSA) is 32.3 Å². The van der Waals surface area contributed by atoms with Crippen molar-refractivity contribution in [2.45, 2.75) is 13.3 Å². The van der Waals surface area contributed by atoms with E-state index in [1.54, 1.807) is 6.92 Å². The Labute approximate surface area is 161 Å². The minimum Gasteiger partial charge on any atom is -0.352 e. The number of benzene rings is 3. The van der Waals surface area contributed by atoms with Crippen LogP contribution >= 0.6 is 0 Å². The second-order valence-corrected chi connectivity index (χ2v) is 6.46. The monoisotopic (exact) mass is 356 g/mol. The van der Waals surface area contributed by atoms with Gasteiger partial charge < -0.3 is 10.2 Å². The van der Waals surface area contributed by atoms with Crippen LogP contribution in [0.15, 0.2) is 97.1 Å². The maximum atomic E-state index is 11.6. The van der Waals surface area contributed by atoms with Gasteiger partial charge in [0, 0.05) is 29.2 Å². The summed E-state index contributed by atoms with van der Waals surface area (Å²) < 4.78 is 0. The molecule has 0 aliphatic heterocycles. The van der Waals surface area contributed by atoms with Crippen molar-refractivity contribution in [1.29, 1.82) is 0 Å². The Hall–Kier alpha value is -3.33. The highest BCUT2D eigenvalue weighted by molar-refractivity contribution is 5.92. The highest BCUT2D eigenvalue weighted by Gasteiger charge is 2.11. The van der Waals surface area contributed by atoms with Crippen LogP contribution in [0, 0.1) is 0 Å². The molecule has 27 heavy (non-hydrogen) atoms. The number of rotatable bonds is 7. The fraction of sp³-hybridized carbons (Fsp3) is 0.125. The largest absolute Gasteiger partial charge is 0.352 e. The summed E-state index contributed by atoms with van der Waals surface area (Å²) in [6, 6.07) is 29.1. The molecule has 0 saturated carbocycles. The van der Waals surface area contributed by atoms with Gasteiger partial charge in [0.2, 0.25) is 5.91 Å². The van der Waals surface area contributed by atoms with Crippen LogP contribution in [-0.2, 0) is 11.2 Å². The van der Waals surface area contributed by atoms with Crippen molar-refractivity contribution in [2.75, 3.05) is 11.4 Å². The van der Waals surface area contributed by atoms with E-state index in [9.17, 15) is 4.79 Å². The predicted molar refractivity (Wildman–Crippen MR) is 113 cm³/mol. The summed E-state index contributed by atoms with van der Waals surface area (Å²) in [5, 5.41) is 2.87. The van der Waals surface area contributed by atoms with Crippen LogP contribution in [0.5, 0.6) is 0 Å². The molecule has 0 unspecified atom stereocenters. The molecule has 0 fully saturated rings. The van der Waals surface area contributed by atoms with Crippen LogP contribution in [0.3, 0.4) is 0 Å². The predicted octanol–water partition coefficient (Wildman–Crippen LogP) is 5.39. The lowest BCUT2D eigenvalue weighted by atomic mass is 10.1. The highest BCUT2D eigenvalue weighted by Crippen LogP contribution is 2.33. The molecule has 0 aliphatic carbocycles. The van der Waals surface area contributed by atoms with Gasteiger partial charge in [0.05, 0.1) is 0 Å². The van der Waals surface area contributed by atoms with Crippen molar-refractivity contribution in [3.8, 4) is 0 Å². The molecular formula is C24H24N2O. The van der Waals surface area contributed by atoms with E-state index in [1.807, 2.05) is 36.4 Å². The van der Waals surface area contributed by atoms with E-state index >= 15 is 0 Å². The Balaban J connectivity index is 1.78. The average molecular weight is 356 g/mol. The third kappa shape index (κ3) is 4.85. The summed E-state index contributed by atoms with van der Waals surface area (Å²) in [4.78, 5) is 13.8. The van der Waals surface area contributed by atoms with Crippen LogP contribution in [0.25, 0.3) is 0 Å². The number of para-hydroxylation sites is 2. The molecule has 0 aliphatic rings. The first-order valence-corrected chi connectivity index (χ1v) is 9.08. The van der Waals surface area contributed by atoms with Crippen molar-refractivity contribution in [3.63, 3.8) is 0 Å². The SMILES string of the molecule is C=C(C)C(=O)NCCc1ccc(N(c2ccccc2)c2ccccc2)cc1. The Bertz CT molecular complexity index is 847. The van der Waals surface area contributed by atoms with Gasteiger partial charge >= 0.3 is 0 Å². The van der Waals surface area contributed by atoms with Gasteiger partial charge in [0.1, 0.15) is 0 Å². The molecule has 1 N–H and O–H groups in total. The van der Waals surface area contributed by atoms with Gasteiger partial charge in [0.25, 0.3) is 0 Å². The first-order valence-electron chi connectivity index (χ1n) is 9.08. The number of hydrogen-bond acceptors (Lipinski definition) is 2. The van der Waals surface area contributed by atoms with E-state index in [2.05, 4.69) is 65.3 Å². The zero-order chi connectivity index (χ0) is 19.1. The fourth-order valence-electron chi connectivity index (χ4n) is 2.88. The molecule has 0 atom stereocenters. The van der Waals surface area contributed by atoms with Crippen LogP contribution in [0.2, 0.25) is 0 Å². The number of hydrogen-bond donors (Lipinski definition) is 1. The molecule has 3 nitrogen and oxygen atoms in total. The van der Waals surface area contributed by atoms with E-state index in [1.165, 1.54) is 5.56 Å². The number of carbonyl (C=O) groups excluding carboxylic acids is 1. The summed E-state index contributed by atoms with van der Waals surface area (Å²) >= 11 is 0. The molecule has 1 amide bonds. The first kappa shape index (κ1) is 18.5. The number of nitrogens with zero attached hydrogens (tertiary/aromatic N) is 1. The smallest absolute Gasteiger partial charge is 0.246 e. The maximum Gasteiger partial charge on any atom is 0.246 e. The summed E-state index contributed by atoms with van der Waals surface area (Å²) in [7, 11) is 0. The van der Waals surface area contributed by atoms with Gasteiger partial charge in [-0.2, -0.15) is 0 Å². The number of amides is 1. The molecule has 0 spiro atoms. The molecule has 3 aromatic carbocycles. The third-order valence-electron chi connectivity index (χ3n) is 4.31. The van der Waals surface area contributed by atoms with Gasteiger partial charge in [-0.1, -0.05) is 55.1 Å². The second kappa shape index (κ2) is 8.86. The van der Waals surface area contributed by atoms with Crippen molar-refractivity contribution >= 4 is 23.0 Å². The highest BCUT2D eigenvalue weighted by atomic mass is 16.1. The summed E-state index contributed by atoms with van der Waals surface area (Å²) in [6.45, 7) is 5.97. The second-order valence-electron chi connectivity index (χ2n) is 6.46. The number of nitrogens with one attached hydrogen (secondary N) is 1. The van der Waals surface area contributed by atoms with E-state index in [4.69, 9.17) is 0 Å². The molecule has 3 aromatic rings. The lowest BCUT2D eigenvalue weighted by Gasteiger charge is -2.25. The quantitative estimate of drug-likeness (QED) is 0.576. The molecule has 136 valence electrons. The minimum atomic E-state index is -0.0917. The molecule has 0 saturated heterocycles. The Morgan fingerprint density at radius 1 is 0.815 bits per heavy atom. The van der Waals surface area contributed by atoms with Crippen LogP contribution in [0.1, 0.15) is 12.5 Å². The molecule has 0 aromatic heterocycles. The van der Waals surface area contributed by atoms with Crippen molar-refractivity contribution in [1.82, 2.24) is 5.32 Å². The number of anilines is 3. The maximum absolute atomic E-state index is 11.6. The number of carbonyl (C=O) groups is 1. The van der Waals surface area contributed by atoms with Crippen LogP contribution in [-0.4, -0.2) is 12.5 Å². The summed E-state index contributed by atoms with van der Waals surface area (Å²) in [5.74, 6) is -0.0917. The third-order valence-corrected chi connectivity index (χ3v) is 4.31. The lowest BCUT2D eigenvalue weighted by Crippen LogP contribution is -2.25. The average Bonchev–Trinajstić information content (AvgIpc) is 2.71. The zero-order valence-electron chi connectivity index (χ0n) is 15.6. The standard InChI is InChI=1S/C24H24N2O/c1-19(2)24(27)25-18-17-20-13-15-23(16-14-20)26(21-9-5-3-6-10-21)22-11-7-4-8-12-22/h3-16H,1,17-18H2,2H3,(H,25,27). The summed E-state index contributed by atoms with van der Waals surface area (Å²) in [6.07, 6.45) is 0.788. The van der Waals surface area contributed by atoms with Gasteiger partial charge in [0.15, 0.2) is 0 Å². The van der Waals surface area contributed by atoms with Gasteiger partial charge in [-0.3, -0.25) is 4.79 Å². The molecule has 0 heterocycles. The van der Waals surface area contributed by atoms with Gasteiger partial charge in [-0.25, -0.2) is 0 Å².